The molecule has 0 fully saturated rings. The molecule has 0 heterocycles. The maximum Gasteiger partial charge on any atom is 0.336 e. The fourth-order valence-corrected chi connectivity index (χ4v) is 1.88. The molecule has 0 aliphatic carbocycles. The van der Waals surface area contributed by atoms with E-state index in [0.717, 1.165) is 0 Å². The van der Waals surface area contributed by atoms with Gasteiger partial charge in [-0.1, -0.05) is 32.4 Å². The molecule has 21 heavy (non-hydrogen) atoms. The summed E-state index contributed by atoms with van der Waals surface area (Å²) in [7, 11) is 1.25. The van der Waals surface area contributed by atoms with E-state index in [0.29, 0.717) is 6.42 Å². The van der Waals surface area contributed by atoms with Crippen LogP contribution in [0.3, 0.4) is 0 Å². The summed E-state index contributed by atoms with van der Waals surface area (Å²) in [5.74, 6) is -2.48. The Kier molecular flexibility index (Phi) is 5.90. The highest BCUT2D eigenvalue weighted by molar-refractivity contribution is 6.05. The highest BCUT2D eigenvalue weighted by atomic mass is 16.5. The monoisotopic (exact) mass is 293 g/mol. The Bertz CT molecular complexity index is 541. The lowest BCUT2D eigenvalue weighted by molar-refractivity contribution is -0.144. The first-order valence-corrected chi connectivity index (χ1v) is 6.63. The van der Waals surface area contributed by atoms with Crippen LogP contribution in [0, 0.1) is 5.92 Å². The van der Waals surface area contributed by atoms with Gasteiger partial charge in [0.15, 0.2) is 0 Å². The predicted octanol–water partition coefficient (Wildman–Crippen LogP) is 1.70. The third-order valence-electron chi connectivity index (χ3n) is 3.36. The molecule has 0 aromatic heterocycles. The zero-order chi connectivity index (χ0) is 16.0. The quantitative estimate of drug-likeness (QED) is 0.779. The van der Waals surface area contributed by atoms with Crippen LogP contribution in [0.2, 0.25) is 0 Å². The highest BCUT2D eigenvalue weighted by Crippen LogP contribution is 2.13. The van der Waals surface area contributed by atoms with Gasteiger partial charge in [-0.25, -0.2) is 9.59 Å². The van der Waals surface area contributed by atoms with Gasteiger partial charge in [0.1, 0.15) is 6.04 Å². The zero-order valence-electron chi connectivity index (χ0n) is 12.3. The summed E-state index contributed by atoms with van der Waals surface area (Å²) in [6, 6.07) is 5.04. The second kappa shape index (κ2) is 7.42. The first kappa shape index (κ1) is 16.7. The maximum atomic E-state index is 12.2. The second-order valence-electron chi connectivity index (χ2n) is 4.71. The van der Waals surface area contributed by atoms with E-state index in [9.17, 15) is 14.4 Å². The van der Waals surface area contributed by atoms with Crippen molar-refractivity contribution in [3.05, 3.63) is 35.4 Å². The molecule has 2 N–H and O–H groups in total. The summed E-state index contributed by atoms with van der Waals surface area (Å²) in [5.41, 5.74) is -0.0926. The molecule has 2 unspecified atom stereocenters. The highest BCUT2D eigenvalue weighted by Gasteiger charge is 2.28. The molecular formula is C15H19NO5. The molecular weight excluding hydrogens is 274 g/mol. The van der Waals surface area contributed by atoms with E-state index in [-0.39, 0.29) is 17.0 Å². The van der Waals surface area contributed by atoms with Crippen LogP contribution in [0.15, 0.2) is 24.3 Å². The topological polar surface area (TPSA) is 92.7 Å². The van der Waals surface area contributed by atoms with Crippen LogP contribution in [0.5, 0.6) is 0 Å². The molecule has 1 rings (SSSR count). The van der Waals surface area contributed by atoms with Crippen LogP contribution in [0.1, 0.15) is 41.0 Å². The standard InChI is InChI=1S/C15H19NO5/c1-4-9(2)12(15(20)21-3)16-13(17)10-7-5-6-8-11(10)14(18)19/h5-9,12H,4H2,1-3H3,(H,16,17)(H,18,19). The van der Waals surface area contributed by atoms with Gasteiger partial charge in [-0.05, 0) is 18.1 Å². The number of rotatable bonds is 6. The van der Waals surface area contributed by atoms with Crippen molar-refractivity contribution in [1.29, 1.82) is 0 Å². The van der Waals surface area contributed by atoms with E-state index >= 15 is 0 Å². The van der Waals surface area contributed by atoms with Crippen LogP contribution in [-0.4, -0.2) is 36.1 Å². The molecule has 0 bridgehead atoms. The van der Waals surface area contributed by atoms with Crippen molar-refractivity contribution in [2.45, 2.75) is 26.3 Å². The van der Waals surface area contributed by atoms with Crippen LogP contribution in [-0.2, 0) is 9.53 Å². The molecule has 1 aromatic rings. The number of hydrogen-bond acceptors (Lipinski definition) is 4. The summed E-state index contributed by atoms with van der Waals surface area (Å²) in [6.45, 7) is 3.70. The minimum Gasteiger partial charge on any atom is -0.478 e. The Morgan fingerprint density at radius 1 is 1.24 bits per heavy atom. The summed E-state index contributed by atoms with van der Waals surface area (Å²) < 4.78 is 4.68. The van der Waals surface area contributed by atoms with Crippen molar-refractivity contribution >= 4 is 17.8 Å². The van der Waals surface area contributed by atoms with Crippen molar-refractivity contribution in [2.24, 2.45) is 5.92 Å². The van der Waals surface area contributed by atoms with E-state index in [1.54, 1.807) is 6.07 Å². The van der Waals surface area contributed by atoms with E-state index in [1.807, 2.05) is 13.8 Å². The number of nitrogens with one attached hydrogen (secondary N) is 1. The van der Waals surface area contributed by atoms with Gasteiger partial charge in [-0.15, -0.1) is 0 Å². The van der Waals surface area contributed by atoms with E-state index in [4.69, 9.17) is 5.11 Å². The number of amides is 1. The smallest absolute Gasteiger partial charge is 0.336 e. The lowest BCUT2D eigenvalue weighted by Gasteiger charge is -2.22. The second-order valence-corrected chi connectivity index (χ2v) is 4.71. The number of benzene rings is 1. The van der Waals surface area contributed by atoms with Crippen molar-refractivity contribution in [3.63, 3.8) is 0 Å². The van der Waals surface area contributed by atoms with Crippen molar-refractivity contribution < 1.29 is 24.2 Å². The van der Waals surface area contributed by atoms with Crippen LogP contribution in [0.4, 0.5) is 0 Å². The molecule has 6 heteroatoms. The SMILES string of the molecule is CCC(C)C(NC(=O)c1ccccc1C(=O)O)C(=O)OC. The third-order valence-corrected chi connectivity index (χ3v) is 3.36. The van der Waals surface area contributed by atoms with Crippen molar-refractivity contribution in [3.8, 4) is 0 Å². The molecule has 0 aliphatic heterocycles. The number of esters is 1. The lowest BCUT2D eigenvalue weighted by atomic mass is 9.98. The minimum absolute atomic E-state index is 0.0159. The number of carbonyl (C=O) groups is 3. The molecule has 1 amide bonds. The number of hydrogen-bond donors (Lipinski definition) is 2. The van der Waals surface area contributed by atoms with Gasteiger partial charge in [-0.3, -0.25) is 4.79 Å². The summed E-state index contributed by atoms with van der Waals surface area (Å²) in [5, 5.41) is 11.6. The van der Waals surface area contributed by atoms with Gasteiger partial charge in [0.05, 0.1) is 18.2 Å². The molecule has 1 aromatic carbocycles. The fourth-order valence-electron chi connectivity index (χ4n) is 1.88. The molecule has 0 saturated heterocycles. The molecule has 0 radical (unpaired) electrons. The van der Waals surface area contributed by atoms with Crippen LogP contribution >= 0.6 is 0 Å². The van der Waals surface area contributed by atoms with Crippen molar-refractivity contribution in [2.75, 3.05) is 7.11 Å². The first-order valence-electron chi connectivity index (χ1n) is 6.63. The number of aromatic carboxylic acids is 1. The van der Waals surface area contributed by atoms with Crippen LogP contribution < -0.4 is 5.32 Å². The molecule has 0 aliphatic rings. The Morgan fingerprint density at radius 2 is 1.81 bits per heavy atom. The summed E-state index contributed by atoms with van der Waals surface area (Å²) in [4.78, 5) is 35.1. The Morgan fingerprint density at radius 3 is 2.29 bits per heavy atom. The normalized spacial score (nSPS) is 13.1. The average Bonchev–Trinajstić information content (AvgIpc) is 2.50. The number of carbonyl (C=O) groups excluding carboxylic acids is 2. The molecule has 114 valence electrons. The van der Waals surface area contributed by atoms with Gasteiger partial charge < -0.3 is 15.2 Å². The number of methoxy groups -OCH3 is 1. The lowest BCUT2D eigenvalue weighted by Crippen LogP contribution is -2.46. The van der Waals surface area contributed by atoms with Gasteiger partial charge in [-0.2, -0.15) is 0 Å². The number of ether oxygens (including phenoxy) is 1. The Labute approximate surface area is 123 Å². The molecule has 6 nitrogen and oxygen atoms in total. The third kappa shape index (κ3) is 4.05. The number of carboxylic acids is 1. The fraction of sp³-hybridized carbons (Fsp3) is 0.400. The van der Waals surface area contributed by atoms with Gasteiger partial charge >= 0.3 is 11.9 Å². The molecule has 0 saturated carbocycles. The van der Waals surface area contributed by atoms with Crippen LogP contribution in [0.25, 0.3) is 0 Å². The van der Waals surface area contributed by atoms with Gasteiger partial charge in [0.2, 0.25) is 0 Å². The number of carboxylic acid groups (broad SMARTS) is 1. The van der Waals surface area contributed by atoms with Gasteiger partial charge in [0, 0.05) is 0 Å². The average molecular weight is 293 g/mol. The summed E-state index contributed by atoms with van der Waals surface area (Å²) in [6.07, 6.45) is 0.667. The largest absolute Gasteiger partial charge is 0.478 e. The predicted molar refractivity (Wildman–Crippen MR) is 76.1 cm³/mol. The van der Waals surface area contributed by atoms with E-state index in [2.05, 4.69) is 10.1 Å². The van der Waals surface area contributed by atoms with E-state index in [1.165, 1.54) is 25.3 Å². The minimum atomic E-state index is -1.20. The summed E-state index contributed by atoms with van der Waals surface area (Å²) >= 11 is 0. The molecule has 2 atom stereocenters. The Balaban J connectivity index is 3.03. The molecule has 0 spiro atoms. The van der Waals surface area contributed by atoms with Crippen molar-refractivity contribution in [1.82, 2.24) is 5.32 Å². The first-order chi connectivity index (χ1) is 9.92. The van der Waals surface area contributed by atoms with E-state index < -0.39 is 23.9 Å². The Hall–Kier alpha value is -2.37. The zero-order valence-corrected chi connectivity index (χ0v) is 12.3. The maximum absolute atomic E-state index is 12.2. The van der Waals surface area contributed by atoms with Gasteiger partial charge in [0.25, 0.3) is 5.91 Å².